The quantitative estimate of drug-likeness (QED) is 0.560. The van der Waals surface area contributed by atoms with E-state index in [1.807, 2.05) is 0 Å². The number of benzene rings is 2. The second-order valence-corrected chi connectivity index (χ2v) is 8.98. The number of carbonyl (C=O) groups excluding carboxylic acids is 2. The number of carbonyl (C=O) groups is 2. The number of ether oxygens (including phenoxy) is 1. The smallest absolute Gasteiger partial charge is 0.310 e. The Bertz CT molecular complexity index is 1010. The van der Waals surface area contributed by atoms with Gasteiger partial charge in [0.15, 0.2) is 0 Å². The van der Waals surface area contributed by atoms with E-state index >= 15 is 0 Å². The lowest BCUT2D eigenvalue weighted by atomic mass is 10.1. The number of hydrogen-bond acceptors (Lipinski definition) is 5. The zero-order chi connectivity index (χ0) is 22.3. The van der Waals surface area contributed by atoms with Crippen LogP contribution in [0.3, 0.4) is 0 Å². The average Bonchev–Trinajstić information content (AvgIpc) is 2.69. The summed E-state index contributed by atoms with van der Waals surface area (Å²) in [6.07, 6.45) is 0.129. The van der Waals surface area contributed by atoms with Crippen LogP contribution < -0.4 is 5.32 Å². The van der Waals surface area contributed by atoms with Gasteiger partial charge in [-0.25, -0.2) is 8.42 Å². The number of esters is 1. The predicted molar refractivity (Wildman–Crippen MR) is 116 cm³/mol. The number of nitrogens with zero attached hydrogens (tertiary/aromatic N) is 1. The zero-order valence-corrected chi connectivity index (χ0v) is 18.9. The van der Waals surface area contributed by atoms with E-state index in [1.165, 1.54) is 18.2 Å². The molecule has 0 aliphatic heterocycles. The van der Waals surface area contributed by atoms with Crippen LogP contribution in [-0.2, 0) is 30.8 Å². The molecule has 0 aromatic heterocycles. The van der Waals surface area contributed by atoms with E-state index in [1.54, 1.807) is 38.1 Å². The van der Waals surface area contributed by atoms with Gasteiger partial charge in [-0.15, -0.1) is 0 Å². The van der Waals surface area contributed by atoms with Crippen LogP contribution in [0, 0.1) is 0 Å². The topological polar surface area (TPSA) is 92.8 Å². The molecule has 0 spiro atoms. The number of likely N-dealkylation sites (N-methyl/N-ethyl adjacent to an activating group) is 1. The molecule has 0 heterocycles. The molecular weight excluding hydrogens is 451 g/mol. The molecular formula is C20H22Cl2N2O5S. The van der Waals surface area contributed by atoms with E-state index in [0.717, 1.165) is 9.87 Å². The fourth-order valence-electron chi connectivity index (χ4n) is 2.63. The normalized spacial score (nSPS) is 11.4. The zero-order valence-electron chi connectivity index (χ0n) is 16.5. The minimum Gasteiger partial charge on any atom is -0.466 e. The molecule has 0 atom stereocenters. The lowest BCUT2D eigenvalue weighted by Crippen LogP contribution is -2.38. The van der Waals surface area contributed by atoms with Gasteiger partial charge in [-0.05, 0) is 42.8 Å². The van der Waals surface area contributed by atoms with Crippen LogP contribution in [0.15, 0.2) is 47.4 Å². The van der Waals surface area contributed by atoms with Crippen molar-refractivity contribution >= 4 is 50.8 Å². The maximum atomic E-state index is 12.9. The third-order valence-corrected chi connectivity index (χ3v) is 6.71. The lowest BCUT2D eigenvalue weighted by molar-refractivity contribution is -0.142. The Morgan fingerprint density at radius 1 is 1.07 bits per heavy atom. The van der Waals surface area contributed by atoms with Gasteiger partial charge >= 0.3 is 5.97 Å². The summed E-state index contributed by atoms with van der Waals surface area (Å²) in [7, 11) is -4.01. The van der Waals surface area contributed by atoms with Gasteiger partial charge in [-0.1, -0.05) is 42.3 Å². The summed E-state index contributed by atoms with van der Waals surface area (Å²) >= 11 is 11.9. The summed E-state index contributed by atoms with van der Waals surface area (Å²) in [5.74, 6) is -0.852. The number of anilines is 1. The molecule has 0 bridgehead atoms. The van der Waals surface area contributed by atoms with Gasteiger partial charge in [-0.2, -0.15) is 4.31 Å². The summed E-state index contributed by atoms with van der Waals surface area (Å²) in [5.41, 5.74) is 1.21. The Morgan fingerprint density at radius 3 is 2.33 bits per heavy atom. The largest absolute Gasteiger partial charge is 0.466 e. The fourth-order valence-corrected chi connectivity index (χ4v) is 4.77. The van der Waals surface area contributed by atoms with Crippen LogP contribution >= 0.6 is 23.2 Å². The molecule has 0 unspecified atom stereocenters. The number of hydrogen-bond donors (Lipinski definition) is 1. The van der Waals surface area contributed by atoms with E-state index in [9.17, 15) is 18.0 Å². The van der Waals surface area contributed by atoms with Crippen LogP contribution in [0.1, 0.15) is 19.4 Å². The first-order valence-corrected chi connectivity index (χ1v) is 11.4. The van der Waals surface area contributed by atoms with E-state index in [2.05, 4.69) is 5.32 Å². The summed E-state index contributed by atoms with van der Waals surface area (Å²) in [6, 6.07) is 10.8. The molecule has 0 saturated carbocycles. The van der Waals surface area contributed by atoms with Gasteiger partial charge in [0.05, 0.1) is 24.6 Å². The van der Waals surface area contributed by atoms with Crippen molar-refractivity contribution in [1.82, 2.24) is 4.31 Å². The second-order valence-electron chi connectivity index (χ2n) is 6.23. The highest BCUT2D eigenvalue weighted by atomic mass is 35.5. The number of halogens is 2. The van der Waals surface area contributed by atoms with Crippen molar-refractivity contribution in [1.29, 1.82) is 0 Å². The molecule has 0 aliphatic carbocycles. The highest BCUT2D eigenvalue weighted by Crippen LogP contribution is 2.27. The highest BCUT2D eigenvalue weighted by molar-refractivity contribution is 7.89. The van der Waals surface area contributed by atoms with E-state index in [0.29, 0.717) is 12.3 Å². The molecule has 2 aromatic carbocycles. The molecule has 30 heavy (non-hydrogen) atoms. The first-order chi connectivity index (χ1) is 14.2. The molecule has 0 saturated heterocycles. The van der Waals surface area contributed by atoms with Crippen molar-refractivity contribution in [3.05, 3.63) is 58.1 Å². The van der Waals surface area contributed by atoms with Crippen LogP contribution in [-0.4, -0.2) is 44.3 Å². The van der Waals surface area contributed by atoms with Crippen molar-refractivity contribution < 1.29 is 22.7 Å². The van der Waals surface area contributed by atoms with Gasteiger partial charge in [0, 0.05) is 17.3 Å². The van der Waals surface area contributed by atoms with Crippen molar-refractivity contribution in [2.24, 2.45) is 0 Å². The van der Waals surface area contributed by atoms with E-state index < -0.39 is 22.5 Å². The summed E-state index contributed by atoms with van der Waals surface area (Å²) in [5, 5.41) is 2.89. The molecule has 2 rings (SSSR count). The molecule has 162 valence electrons. The number of rotatable bonds is 9. The first-order valence-electron chi connectivity index (χ1n) is 9.17. The molecule has 0 aliphatic rings. The molecule has 2 aromatic rings. The molecule has 0 radical (unpaired) electrons. The Balaban J connectivity index is 2.06. The van der Waals surface area contributed by atoms with Crippen LogP contribution in [0.2, 0.25) is 10.0 Å². The third kappa shape index (κ3) is 6.43. The van der Waals surface area contributed by atoms with Crippen LogP contribution in [0.25, 0.3) is 0 Å². The van der Waals surface area contributed by atoms with Gasteiger partial charge in [0.25, 0.3) is 0 Å². The van der Waals surface area contributed by atoms with Crippen molar-refractivity contribution in [2.45, 2.75) is 25.2 Å². The highest BCUT2D eigenvalue weighted by Gasteiger charge is 2.27. The lowest BCUT2D eigenvalue weighted by Gasteiger charge is -2.21. The summed E-state index contributed by atoms with van der Waals surface area (Å²) in [6.45, 7) is 3.33. The predicted octanol–water partition coefficient (Wildman–Crippen LogP) is 3.75. The molecule has 10 heteroatoms. The minimum absolute atomic E-state index is 0.0236. The third-order valence-electron chi connectivity index (χ3n) is 4.08. The van der Waals surface area contributed by atoms with Crippen molar-refractivity contribution in [2.75, 3.05) is 25.0 Å². The van der Waals surface area contributed by atoms with Crippen LogP contribution in [0.4, 0.5) is 5.69 Å². The Kier molecular flexibility index (Phi) is 8.66. The summed E-state index contributed by atoms with van der Waals surface area (Å²) in [4.78, 5) is 23.8. The SMILES string of the molecule is CCOC(=O)Cc1ccc(NC(=O)CN(CC)S(=O)(=O)c2cc(Cl)ccc2Cl)cc1. The van der Waals surface area contributed by atoms with Gasteiger partial charge in [0.1, 0.15) is 4.90 Å². The number of nitrogens with one attached hydrogen (secondary N) is 1. The molecule has 1 amide bonds. The molecule has 1 N–H and O–H groups in total. The second kappa shape index (κ2) is 10.8. The summed E-state index contributed by atoms with van der Waals surface area (Å²) < 4.78 is 31.7. The van der Waals surface area contributed by atoms with Gasteiger partial charge in [0.2, 0.25) is 15.9 Å². The maximum Gasteiger partial charge on any atom is 0.310 e. The Hall–Kier alpha value is -2.13. The monoisotopic (exact) mass is 472 g/mol. The fraction of sp³-hybridized carbons (Fsp3) is 0.300. The average molecular weight is 473 g/mol. The van der Waals surface area contributed by atoms with Crippen molar-refractivity contribution in [3.63, 3.8) is 0 Å². The van der Waals surface area contributed by atoms with E-state index in [-0.39, 0.29) is 33.9 Å². The van der Waals surface area contributed by atoms with Crippen molar-refractivity contribution in [3.8, 4) is 0 Å². The minimum atomic E-state index is -4.01. The Labute approximate surface area is 186 Å². The number of sulfonamides is 1. The first kappa shape index (κ1) is 24.1. The van der Waals surface area contributed by atoms with Crippen LogP contribution in [0.5, 0.6) is 0 Å². The number of amides is 1. The van der Waals surface area contributed by atoms with Gasteiger partial charge in [-0.3, -0.25) is 9.59 Å². The van der Waals surface area contributed by atoms with E-state index in [4.69, 9.17) is 27.9 Å². The van der Waals surface area contributed by atoms with Gasteiger partial charge < -0.3 is 10.1 Å². The maximum absolute atomic E-state index is 12.9. The standard InChI is InChI=1S/C20H22Cl2N2O5S/c1-3-24(30(27,28)18-12-15(21)7-10-17(18)22)13-19(25)23-16-8-5-14(6-9-16)11-20(26)29-4-2/h5-10,12H,3-4,11,13H2,1-2H3,(H,23,25). The molecule has 0 fully saturated rings. The molecule has 7 nitrogen and oxygen atoms in total. The Morgan fingerprint density at radius 2 is 1.73 bits per heavy atom.